The highest BCUT2D eigenvalue weighted by molar-refractivity contribution is 5.94. The maximum atomic E-state index is 13.2. The number of carboxylic acid groups (broad SMARTS) is 1. The van der Waals surface area contributed by atoms with Gasteiger partial charge in [-0.1, -0.05) is 72.8 Å². The van der Waals surface area contributed by atoms with Gasteiger partial charge in [-0.2, -0.15) is 0 Å². The lowest BCUT2D eigenvalue weighted by molar-refractivity contribution is -0.145. The SMILES string of the molecule is O=C(c1ccc(COCc2ccc(CNC[C@H](O)c3ccc(O)c4[nH]c(=O)ccc34)cc2)cc1)N1CCC(C(=O)O)(c2ccccc2)CC1. The van der Waals surface area contributed by atoms with E-state index >= 15 is 0 Å². The number of nitrogens with one attached hydrogen (secondary N) is 2. The number of aliphatic hydroxyl groups excluding tert-OH is 1. The number of aromatic amines is 1. The summed E-state index contributed by atoms with van der Waals surface area (Å²) in [6.45, 7) is 2.39. The molecule has 0 aliphatic carbocycles. The molecule has 0 unspecified atom stereocenters. The predicted octanol–water partition coefficient (Wildman–Crippen LogP) is 5.03. The Bertz CT molecular complexity index is 1970. The summed E-state index contributed by atoms with van der Waals surface area (Å²) in [5.74, 6) is -0.997. The van der Waals surface area contributed by atoms with Gasteiger partial charge in [-0.05, 0) is 64.9 Å². The molecular formula is C39H39N3O7. The predicted molar refractivity (Wildman–Crippen MR) is 185 cm³/mol. The number of aliphatic carboxylic acids is 1. The van der Waals surface area contributed by atoms with Crippen LogP contribution in [0.15, 0.2) is 108 Å². The van der Waals surface area contributed by atoms with E-state index < -0.39 is 17.5 Å². The molecule has 1 fully saturated rings. The topological polar surface area (TPSA) is 152 Å². The molecule has 0 bridgehead atoms. The molecule has 1 aliphatic heterocycles. The van der Waals surface area contributed by atoms with Crippen LogP contribution in [0.1, 0.15) is 57.1 Å². The highest BCUT2D eigenvalue weighted by atomic mass is 16.5. The number of fused-ring (bicyclic) bond motifs is 1. The Morgan fingerprint density at radius 3 is 2.12 bits per heavy atom. The third-order valence-electron chi connectivity index (χ3n) is 9.33. The van der Waals surface area contributed by atoms with Crippen LogP contribution in [0, 0.1) is 0 Å². The van der Waals surface area contributed by atoms with Crippen LogP contribution < -0.4 is 10.9 Å². The molecule has 6 rings (SSSR count). The zero-order valence-corrected chi connectivity index (χ0v) is 27.0. The van der Waals surface area contributed by atoms with Gasteiger partial charge in [-0.25, -0.2) is 0 Å². The average molecular weight is 662 g/mol. The van der Waals surface area contributed by atoms with Crippen molar-refractivity contribution in [1.29, 1.82) is 0 Å². The number of hydrogen-bond acceptors (Lipinski definition) is 7. The van der Waals surface area contributed by atoms with E-state index in [0.717, 1.165) is 22.3 Å². The number of likely N-dealkylation sites (tertiary alicyclic amines) is 1. The number of amides is 1. The maximum Gasteiger partial charge on any atom is 0.314 e. The zero-order chi connectivity index (χ0) is 34.4. The van der Waals surface area contributed by atoms with Gasteiger partial charge < -0.3 is 35.3 Å². The number of aromatic hydroxyl groups is 1. The lowest BCUT2D eigenvalue weighted by Crippen LogP contribution is -2.49. The van der Waals surface area contributed by atoms with Crippen molar-refractivity contribution in [2.24, 2.45) is 0 Å². The number of carbonyl (C=O) groups excluding carboxylic acids is 1. The number of phenolic OH excluding ortho intramolecular Hbond substituents is 1. The first-order chi connectivity index (χ1) is 23.7. The van der Waals surface area contributed by atoms with Crippen LogP contribution in [0.3, 0.4) is 0 Å². The standard InChI is InChI=1S/C39H39N3O7/c43-33-16-14-31(32-15-17-35(45)41-36(32)33)34(44)23-40-22-26-6-8-27(9-7-26)24-49-25-28-10-12-29(13-11-28)37(46)42-20-18-39(19-21-42,38(47)48)30-4-2-1-3-5-30/h1-17,34,40,43-44H,18-25H2,(H,41,45)(H,47,48)/t34-/m0/s1. The van der Waals surface area contributed by atoms with Crippen LogP contribution in [-0.2, 0) is 34.7 Å². The van der Waals surface area contributed by atoms with Gasteiger partial charge in [0.05, 0.1) is 30.2 Å². The van der Waals surface area contributed by atoms with Gasteiger partial charge in [0.2, 0.25) is 5.56 Å². The Labute approximate surface area is 283 Å². The molecule has 5 aromatic rings. The third kappa shape index (κ3) is 7.57. The van der Waals surface area contributed by atoms with Gasteiger partial charge >= 0.3 is 5.97 Å². The lowest BCUT2D eigenvalue weighted by Gasteiger charge is -2.39. The van der Waals surface area contributed by atoms with Crippen LogP contribution in [0.25, 0.3) is 10.9 Å². The number of aliphatic hydroxyl groups is 1. The fourth-order valence-electron chi connectivity index (χ4n) is 6.45. The minimum absolute atomic E-state index is 0.0455. The largest absolute Gasteiger partial charge is 0.506 e. The van der Waals surface area contributed by atoms with Crippen LogP contribution >= 0.6 is 0 Å². The molecule has 1 amide bonds. The number of rotatable bonds is 12. The summed E-state index contributed by atoms with van der Waals surface area (Å²) in [5.41, 5.74) is 3.95. The molecule has 10 heteroatoms. The summed E-state index contributed by atoms with van der Waals surface area (Å²) >= 11 is 0. The van der Waals surface area contributed by atoms with Crippen molar-refractivity contribution in [2.75, 3.05) is 19.6 Å². The smallest absolute Gasteiger partial charge is 0.314 e. The molecule has 0 radical (unpaired) electrons. The molecule has 2 heterocycles. The van der Waals surface area contributed by atoms with Gasteiger partial charge in [0.15, 0.2) is 0 Å². The number of H-pyrrole nitrogens is 1. The Morgan fingerprint density at radius 1 is 0.837 bits per heavy atom. The fourth-order valence-corrected chi connectivity index (χ4v) is 6.45. The van der Waals surface area contributed by atoms with Gasteiger partial charge in [0.25, 0.3) is 5.91 Å². The van der Waals surface area contributed by atoms with E-state index in [1.54, 1.807) is 29.2 Å². The average Bonchev–Trinajstić information content (AvgIpc) is 3.13. The van der Waals surface area contributed by atoms with Gasteiger partial charge in [-0.3, -0.25) is 14.4 Å². The number of pyridine rings is 1. The van der Waals surface area contributed by atoms with Gasteiger partial charge in [0, 0.05) is 43.2 Å². The highest BCUT2D eigenvalue weighted by Gasteiger charge is 2.43. The van der Waals surface area contributed by atoms with Crippen molar-refractivity contribution in [3.05, 3.63) is 147 Å². The van der Waals surface area contributed by atoms with Crippen molar-refractivity contribution < 1.29 is 29.6 Å². The first-order valence-corrected chi connectivity index (χ1v) is 16.3. The number of hydrogen-bond donors (Lipinski definition) is 5. The Kier molecular flexibility index (Phi) is 10.2. The molecule has 1 aromatic heterocycles. The Balaban J connectivity index is 0.940. The minimum Gasteiger partial charge on any atom is -0.506 e. The van der Waals surface area contributed by atoms with Gasteiger partial charge in [0.1, 0.15) is 5.75 Å². The molecular weight excluding hydrogens is 622 g/mol. The quantitative estimate of drug-likeness (QED) is 0.125. The van der Waals surface area contributed by atoms with Crippen molar-refractivity contribution in [1.82, 2.24) is 15.2 Å². The Morgan fingerprint density at radius 2 is 1.47 bits per heavy atom. The second-order valence-corrected chi connectivity index (χ2v) is 12.5. The number of carboxylic acids is 1. The number of aromatic nitrogens is 1. The molecule has 0 saturated carbocycles. The second kappa shape index (κ2) is 14.9. The molecule has 0 spiro atoms. The van der Waals surface area contributed by atoms with E-state index in [1.165, 1.54) is 12.1 Å². The first-order valence-electron chi connectivity index (χ1n) is 16.3. The summed E-state index contributed by atoms with van der Waals surface area (Å²) in [6, 6.07) is 30.7. The third-order valence-corrected chi connectivity index (χ3v) is 9.33. The highest BCUT2D eigenvalue weighted by Crippen LogP contribution is 2.36. The van der Waals surface area contributed by atoms with E-state index in [2.05, 4.69) is 10.3 Å². The maximum absolute atomic E-state index is 13.2. The van der Waals surface area contributed by atoms with Crippen LogP contribution in [-0.4, -0.2) is 56.7 Å². The normalized spacial score (nSPS) is 14.8. The lowest BCUT2D eigenvalue weighted by atomic mass is 9.73. The van der Waals surface area contributed by atoms with E-state index in [9.17, 15) is 29.7 Å². The van der Waals surface area contributed by atoms with E-state index in [0.29, 0.717) is 67.7 Å². The van der Waals surface area contributed by atoms with Crippen LogP contribution in [0.2, 0.25) is 0 Å². The fraction of sp³-hybridized carbons (Fsp3) is 0.256. The molecule has 10 nitrogen and oxygen atoms in total. The summed E-state index contributed by atoms with van der Waals surface area (Å²) < 4.78 is 5.92. The van der Waals surface area contributed by atoms with E-state index in [1.807, 2.05) is 66.7 Å². The van der Waals surface area contributed by atoms with Crippen LogP contribution in [0.5, 0.6) is 5.75 Å². The summed E-state index contributed by atoms with van der Waals surface area (Å²) in [5, 5.41) is 34.8. The number of ether oxygens (including phenoxy) is 1. The van der Waals surface area contributed by atoms with Crippen molar-refractivity contribution in [3.63, 3.8) is 0 Å². The van der Waals surface area contributed by atoms with E-state index in [4.69, 9.17) is 4.74 Å². The van der Waals surface area contributed by atoms with Crippen molar-refractivity contribution in [3.8, 4) is 5.75 Å². The summed E-state index contributed by atoms with van der Waals surface area (Å²) in [4.78, 5) is 41.5. The minimum atomic E-state index is -0.976. The molecule has 252 valence electrons. The molecule has 49 heavy (non-hydrogen) atoms. The summed E-state index contributed by atoms with van der Waals surface area (Å²) in [7, 11) is 0. The number of nitrogens with zero attached hydrogens (tertiary/aromatic N) is 1. The monoisotopic (exact) mass is 661 g/mol. The van der Waals surface area contributed by atoms with Crippen LogP contribution in [0.4, 0.5) is 0 Å². The summed E-state index contributed by atoms with van der Waals surface area (Å²) in [6.07, 6.45) is -0.0973. The number of piperidine rings is 1. The van der Waals surface area contributed by atoms with Crippen molar-refractivity contribution in [2.45, 2.75) is 44.1 Å². The van der Waals surface area contributed by atoms with E-state index in [-0.39, 0.29) is 23.8 Å². The molecule has 1 atom stereocenters. The first kappa shape index (κ1) is 33.6. The molecule has 5 N–H and O–H groups in total. The second-order valence-electron chi connectivity index (χ2n) is 12.5. The number of carbonyl (C=O) groups is 2. The molecule has 1 aliphatic rings. The number of benzene rings is 4. The van der Waals surface area contributed by atoms with Gasteiger partial charge in [-0.15, -0.1) is 0 Å². The number of phenols is 1. The zero-order valence-electron chi connectivity index (χ0n) is 27.0. The Hall–Kier alpha value is -5.29. The molecule has 1 saturated heterocycles. The van der Waals surface area contributed by atoms with Crippen molar-refractivity contribution >= 4 is 22.8 Å². The molecule has 4 aromatic carbocycles.